The van der Waals surface area contributed by atoms with Gasteiger partial charge in [-0.15, -0.1) is 11.3 Å². The zero-order valence-corrected chi connectivity index (χ0v) is 15.7. The summed E-state index contributed by atoms with van der Waals surface area (Å²) in [7, 11) is 0. The van der Waals surface area contributed by atoms with Gasteiger partial charge in [-0.2, -0.15) is 0 Å². The predicted octanol–water partition coefficient (Wildman–Crippen LogP) is 1.81. The number of carbonyl (C=O) groups is 4. The fraction of sp³-hybridized carbons (Fsp3) is 0.529. The first-order valence-corrected chi connectivity index (χ1v) is 9.32. The number of carbonyl (C=O) groups excluding carboxylic acids is 4. The maximum absolute atomic E-state index is 12.6. The van der Waals surface area contributed by atoms with Gasteiger partial charge in [0, 0.05) is 23.9 Å². The summed E-state index contributed by atoms with van der Waals surface area (Å²) in [5.74, 6) is -1.34. The molecule has 9 heteroatoms. The highest BCUT2D eigenvalue weighted by Gasteiger charge is 2.34. The number of thiophene rings is 1. The Morgan fingerprint density at radius 1 is 1.31 bits per heavy atom. The van der Waals surface area contributed by atoms with E-state index in [0.717, 1.165) is 22.6 Å². The Hall–Kier alpha value is -2.42. The molecule has 140 valence electrons. The van der Waals surface area contributed by atoms with Crippen molar-refractivity contribution in [2.24, 2.45) is 5.92 Å². The lowest BCUT2D eigenvalue weighted by molar-refractivity contribution is -0.136. The van der Waals surface area contributed by atoms with Crippen molar-refractivity contribution in [2.75, 3.05) is 18.4 Å². The number of nitrogens with one attached hydrogen (secondary N) is 2. The van der Waals surface area contributed by atoms with Gasteiger partial charge in [0.1, 0.15) is 5.00 Å². The van der Waals surface area contributed by atoms with Gasteiger partial charge in [-0.3, -0.25) is 14.5 Å². The first-order valence-electron chi connectivity index (χ1n) is 8.50. The van der Waals surface area contributed by atoms with Crippen molar-refractivity contribution in [3.63, 3.8) is 0 Å². The van der Waals surface area contributed by atoms with Gasteiger partial charge >= 0.3 is 12.0 Å². The number of aryl methyl sites for hydroxylation is 1. The van der Waals surface area contributed by atoms with E-state index in [2.05, 4.69) is 10.6 Å². The van der Waals surface area contributed by atoms with E-state index in [-0.39, 0.29) is 23.9 Å². The van der Waals surface area contributed by atoms with Crippen molar-refractivity contribution in [3.8, 4) is 0 Å². The van der Waals surface area contributed by atoms with Crippen molar-refractivity contribution in [3.05, 3.63) is 16.0 Å². The summed E-state index contributed by atoms with van der Waals surface area (Å²) in [6, 6.07) is -0.488. The molecule has 1 aromatic rings. The second-order valence-electron chi connectivity index (χ2n) is 6.52. The first-order chi connectivity index (χ1) is 12.3. The molecule has 1 unspecified atom stereocenters. The second kappa shape index (κ2) is 7.06. The average molecular weight is 379 g/mol. The molecule has 2 heterocycles. The van der Waals surface area contributed by atoms with Gasteiger partial charge in [-0.1, -0.05) is 0 Å². The van der Waals surface area contributed by atoms with Crippen LogP contribution in [0.5, 0.6) is 0 Å². The largest absolute Gasteiger partial charge is 0.449 e. The zero-order valence-electron chi connectivity index (χ0n) is 14.9. The van der Waals surface area contributed by atoms with Gasteiger partial charge in [-0.05, 0) is 39.2 Å². The molecule has 1 saturated carbocycles. The second-order valence-corrected chi connectivity index (χ2v) is 7.74. The first kappa shape index (κ1) is 18.4. The average Bonchev–Trinajstić information content (AvgIpc) is 3.29. The van der Waals surface area contributed by atoms with Crippen molar-refractivity contribution >= 4 is 40.2 Å². The number of amides is 4. The Balaban J connectivity index is 1.73. The monoisotopic (exact) mass is 379 g/mol. The van der Waals surface area contributed by atoms with Crippen molar-refractivity contribution < 1.29 is 23.9 Å². The lowest BCUT2D eigenvalue weighted by atomic mass is 10.1. The molecule has 1 saturated heterocycles. The van der Waals surface area contributed by atoms with Gasteiger partial charge in [0.25, 0.3) is 5.91 Å². The third kappa shape index (κ3) is 3.57. The Labute approximate surface area is 154 Å². The summed E-state index contributed by atoms with van der Waals surface area (Å²) >= 11 is 1.31. The van der Waals surface area contributed by atoms with Crippen LogP contribution in [0.4, 0.5) is 9.80 Å². The zero-order chi connectivity index (χ0) is 19.0. The van der Waals surface area contributed by atoms with Crippen molar-refractivity contribution in [1.29, 1.82) is 0 Å². The van der Waals surface area contributed by atoms with Crippen LogP contribution in [0.2, 0.25) is 0 Å². The standard InChI is InChI=1S/C17H21N3O5S/c1-8-10(3)26-14(19-13(21)11-4-5-11)12(8)16(23)25-9(2)15(22)20-7-6-18-17(20)24/h9,11H,4-7H2,1-3H3,(H,18,24)(H,19,21). The molecule has 1 aliphatic carbocycles. The third-order valence-electron chi connectivity index (χ3n) is 4.53. The molecule has 0 radical (unpaired) electrons. The minimum atomic E-state index is -1.10. The fourth-order valence-electron chi connectivity index (χ4n) is 2.69. The molecule has 2 fully saturated rings. The van der Waals surface area contributed by atoms with Crippen LogP contribution < -0.4 is 10.6 Å². The molecule has 2 N–H and O–H groups in total. The van der Waals surface area contributed by atoms with Gasteiger partial charge in [0.2, 0.25) is 5.91 Å². The lowest BCUT2D eigenvalue weighted by Gasteiger charge is -2.18. The number of hydrogen-bond donors (Lipinski definition) is 2. The van der Waals surface area contributed by atoms with Crippen LogP contribution in [0.3, 0.4) is 0 Å². The number of rotatable bonds is 5. The maximum Gasteiger partial charge on any atom is 0.342 e. The molecule has 1 aromatic heterocycles. The van der Waals surface area contributed by atoms with E-state index in [1.165, 1.54) is 18.3 Å². The molecule has 4 amide bonds. The molecule has 26 heavy (non-hydrogen) atoms. The van der Waals surface area contributed by atoms with Gasteiger partial charge in [0.15, 0.2) is 6.10 Å². The SMILES string of the molecule is Cc1sc(NC(=O)C2CC2)c(C(=O)OC(C)C(=O)N2CCNC2=O)c1C. The number of imide groups is 1. The van der Waals surface area contributed by atoms with Crippen LogP contribution in [0.15, 0.2) is 0 Å². The summed E-state index contributed by atoms with van der Waals surface area (Å²) in [6.45, 7) is 5.69. The molecule has 0 spiro atoms. The van der Waals surface area contributed by atoms with Crippen LogP contribution >= 0.6 is 11.3 Å². The minimum Gasteiger partial charge on any atom is -0.449 e. The van der Waals surface area contributed by atoms with E-state index >= 15 is 0 Å². The summed E-state index contributed by atoms with van der Waals surface area (Å²) < 4.78 is 5.30. The number of nitrogens with zero attached hydrogens (tertiary/aromatic N) is 1. The van der Waals surface area contributed by atoms with Crippen LogP contribution in [0.1, 0.15) is 40.6 Å². The van der Waals surface area contributed by atoms with Gasteiger partial charge in [0.05, 0.1) is 5.56 Å². The Bertz CT molecular complexity index is 784. The number of esters is 1. The maximum atomic E-state index is 12.6. The van der Waals surface area contributed by atoms with Crippen LogP contribution in [0, 0.1) is 19.8 Å². The van der Waals surface area contributed by atoms with Crippen LogP contribution in [-0.2, 0) is 14.3 Å². The van der Waals surface area contributed by atoms with Crippen LogP contribution in [0.25, 0.3) is 0 Å². The highest BCUT2D eigenvalue weighted by Crippen LogP contribution is 2.36. The molecule has 0 bridgehead atoms. The van der Waals surface area contributed by atoms with E-state index in [1.54, 1.807) is 6.92 Å². The number of urea groups is 1. The quantitative estimate of drug-likeness (QED) is 0.759. The van der Waals surface area contributed by atoms with E-state index < -0.39 is 24.0 Å². The van der Waals surface area contributed by atoms with E-state index in [4.69, 9.17) is 4.74 Å². The van der Waals surface area contributed by atoms with E-state index in [9.17, 15) is 19.2 Å². The summed E-state index contributed by atoms with van der Waals surface area (Å²) in [5.41, 5.74) is 0.983. The number of anilines is 1. The van der Waals surface area contributed by atoms with Crippen molar-refractivity contribution in [1.82, 2.24) is 10.2 Å². The van der Waals surface area contributed by atoms with Crippen LogP contribution in [-0.4, -0.2) is 47.9 Å². The molecule has 1 atom stereocenters. The smallest absolute Gasteiger partial charge is 0.342 e. The molecule has 1 aliphatic heterocycles. The lowest BCUT2D eigenvalue weighted by Crippen LogP contribution is -2.41. The van der Waals surface area contributed by atoms with E-state index in [0.29, 0.717) is 17.1 Å². The molecular weight excluding hydrogens is 358 g/mol. The third-order valence-corrected chi connectivity index (χ3v) is 5.65. The van der Waals surface area contributed by atoms with Gasteiger partial charge < -0.3 is 15.4 Å². The fourth-order valence-corrected chi connectivity index (χ4v) is 3.74. The summed E-state index contributed by atoms with van der Waals surface area (Å²) in [4.78, 5) is 50.5. The molecule has 8 nitrogen and oxygen atoms in total. The predicted molar refractivity (Wildman–Crippen MR) is 95.1 cm³/mol. The molecular formula is C17H21N3O5S. The Kier molecular flexibility index (Phi) is 4.99. The molecule has 0 aromatic carbocycles. The van der Waals surface area contributed by atoms with Crippen molar-refractivity contribution in [2.45, 2.75) is 39.7 Å². The Morgan fingerprint density at radius 3 is 2.58 bits per heavy atom. The summed E-state index contributed by atoms with van der Waals surface area (Å²) in [6.07, 6.45) is 0.620. The molecule has 2 aliphatic rings. The Morgan fingerprint density at radius 2 is 2.00 bits per heavy atom. The highest BCUT2D eigenvalue weighted by molar-refractivity contribution is 7.16. The normalized spacial score (nSPS) is 17.7. The van der Waals surface area contributed by atoms with Gasteiger partial charge in [-0.25, -0.2) is 9.59 Å². The highest BCUT2D eigenvalue weighted by atomic mass is 32.1. The summed E-state index contributed by atoms with van der Waals surface area (Å²) in [5, 5.41) is 5.77. The number of ether oxygens (including phenoxy) is 1. The molecule has 3 rings (SSSR count). The van der Waals surface area contributed by atoms with E-state index in [1.807, 2.05) is 6.92 Å². The topological polar surface area (TPSA) is 105 Å². The minimum absolute atomic E-state index is 0.00997. The number of hydrogen-bond acceptors (Lipinski definition) is 6.